The van der Waals surface area contributed by atoms with E-state index in [4.69, 9.17) is 9.47 Å². The predicted octanol–water partition coefficient (Wildman–Crippen LogP) is 1.31. The molecule has 4 rings (SSSR count). The highest BCUT2D eigenvalue weighted by atomic mass is 16.5. The van der Waals surface area contributed by atoms with Crippen LogP contribution in [0.1, 0.15) is 12.0 Å². The van der Waals surface area contributed by atoms with Gasteiger partial charge in [-0.05, 0) is 29.8 Å². The minimum absolute atomic E-state index is 0.0190. The van der Waals surface area contributed by atoms with Crippen molar-refractivity contribution in [1.29, 1.82) is 0 Å². The van der Waals surface area contributed by atoms with Gasteiger partial charge >= 0.3 is 0 Å². The Kier molecular flexibility index (Phi) is 7.74. The lowest BCUT2D eigenvalue weighted by Crippen LogP contribution is -2.59. The summed E-state index contributed by atoms with van der Waals surface area (Å²) in [7, 11) is 3.10. The summed E-state index contributed by atoms with van der Waals surface area (Å²) in [6, 6.07) is 14.6. The number of benzene rings is 2. The number of ether oxygens (including phenoxy) is 2. The Morgan fingerprint density at radius 1 is 0.914 bits per heavy atom. The van der Waals surface area contributed by atoms with Gasteiger partial charge in [0.05, 0.1) is 27.1 Å². The molecule has 0 bridgehead atoms. The number of para-hydroxylation sites is 1. The maximum atomic E-state index is 13.2. The van der Waals surface area contributed by atoms with E-state index in [0.29, 0.717) is 37.7 Å². The number of rotatable bonds is 7. The van der Waals surface area contributed by atoms with Gasteiger partial charge in [0.25, 0.3) is 0 Å². The number of methoxy groups -OCH3 is 2. The standard InChI is InChI=1S/C26H32N4O5/c1-34-22-9-8-19(16-23(22)35-2)17-25(32)30-11-10-27-26(33)21(30)18-24(31)29-14-12-28(13-15-29)20-6-4-3-5-7-20/h3-9,16,21H,10-15,17-18H2,1-2H3,(H,27,33)/t21-/m0/s1. The van der Waals surface area contributed by atoms with Crippen molar-refractivity contribution in [3.05, 3.63) is 54.1 Å². The van der Waals surface area contributed by atoms with Gasteiger partial charge in [-0.1, -0.05) is 24.3 Å². The molecule has 0 aromatic heterocycles. The van der Waals surface area contributed by atoms with Crippen molar-refractivity contribution in [2.75, 3.05) is 58.4 Å². The second kappa shape index (κ2) is 11.1. The molecule has 2 aromatic carbocycles. The van der Waals surface area contributed by atoms with Crippen LogP contribution in [-0.4, -0.2) is 87.1 Å². The summed E-state index contributed by atoms with van der Waals surface area (Å²) in [4.78, 5) is 44.5. The van der Waals surface area contributed by atoms with Gasteiger partial charge in [-0.15, -0.1) is 0 Å². The van der Waals surface area contributed by atoms with Crippen LogP contribution in [0.25, 0.3) is 0 Å². The summed E-state index contributed by atoms with van der Waals surface area (Å²) >= 11 is 0. The largest absolute Gasteiger partial charge is 0.493 e. The van der Waals surface area contributed by atoms with E-state index in [1.54, 1.807) is 37.3 Å². The van der Waals surface area contributed by atoms with Crippen LogP contribution in [0.15, 0.2) is 48.5 Å². The summed E-state index contributed by atoms with van der Waals surface area (Å²) in [6.45, 7) is 3.38. The maximum Gasteiger partial charge on any atom is 0.243 e. The first-order valence-corrected chi connectivity index (χ1v) is 11.9. The van der Waals surface area contributed by atoms with E-state index in [1.807, 2.05) is 18.2 Å². The van der Waals surface area contributed by atoms with Crippen LogP contribution in [0.5, 0.6) is 11.5 Å². The van der Waals surface area contributed by atoms with Crippen molar-refractivity contribution < 1.29 is 23.9 Å². The Morgan fingerprint density at radius 2 is 1.63 bits per heavy atom. The van der Waals surface area contributed by atoms with Gasteiger partial charge in [0, 0.05) is 45.0 Å². The summed E-state index contributed by atoms with van der Waals surface area (Å²) in [5, 5.41) is 2.80. The van der Waals surface area contributed by atoms with E-state index in [1.165, 1.54) is 4.90 Å². The third-order valence-corrected chi connectivity index (χ3v) is 6.58. The number of carbonyl (C=O) groups is 3. The molecule has 0 radical (unpaired) electrons. The number of nitrogens with zero attached hydrogens (tertiary/aromatic N) is 3. The lowest BCUT2D eigenvalue weighted by molar-refractivity contribution is -0.146. The van der Waals surface area contributed by atoms with E-state index in [-0.39, 0.29) is 30.6 Å². The van der Waals surface area contributed by atoms with Crippen molar-refractivity contribution in [2.45, 2.75) is 18.9 Å². The molecule has 2 saturated heterocycles. The zero-order chi connectivity index (χ0) is 24.8. The highest BCUT2D eigenvalue weighted by molar-refractivity contribution is 5.93. The molecule has 186 valence electrons. The van der Waals surface area contributed by atoms with Gasteiger partial charge in [-0.25, -0.2) is 0 Å². The highest BCUT2D eigenvalue weighted by Gasteiger charge is 2.36. The van der Waals surface area contributed by atoms with Crippen LogP contribution in [0.4, 0.5) is 5.69 Å². The molecule has 35 heavy (non-hydrogen) atoms. The molecule has 2 fully saturated rings. The fraction of sp³-hybridized carbons (Fsp3) is 0.423. The first-order chi connectivity index (χ1) is 17.0. The van der Waals surface area contributed by atoms with Gasteiger partial charge in [-0.2, -0.15) is 0 Å². The maximum absolute atomic E-state index is 13.2. The highest BCUT2D eigenvalue weighted by Crippen LogP contribution is 2.28. The number of hydrogen-bond acceptors (Lipinski definition) is 6. The number of hydrogen-bond donors (Lipinski definition) is 1. The van der Waals surface area contributed by atoms with E-state index in [9.17, 15) is 14.4 Å². The number of amides is 3. The second-order valence-corrected chi connectivity index (χ2v) is 8.67. The Labute approximate surface area is 205 Å². The molecule has 0 unspecified atom stereocenters. The number of piperazine rings is 2. The van der Waals surface area contributed by atoms with E-state index in [0.717, 1.165) is 24.3 Å². The van der Waals surface area contributed by atoms with Crippen LogP contribution in [0, 0.1) is 0 Å². The van der Waals surface area contributed by atoms with Gasteiger partial charge in [0.2, 0.25) is 17.7 Å². The molecule has 2 heterocycles. The first-order valence-electron chi connectivity index (χ1n) is 11.9. The minimum Gasteiger partial charge on any atom is -0.493 e. The average molecular weight is 481 g/mol. The Morgan fingerprint density at radius 3 is 2.31 bits per heavy atom. The fourth-order valence-electron chi connectivity index (χ4n) is 4.63. The van der Waals surface area contributed by atoms with Crippen LogP contribution >= 0.6 is 0 Å². The Balaban J connectivity index is 1.38. The normalized spacial score (nSPS) is 18.2. The molecule has 0 aliphatic carbocycles. The zero-order valence-electron chi connectivity index (χ0n) is 20.2. The molecule has 1 N–H and O–H groups in total. The van der Waals surface area contributed by atoms with Crippen LogP contribution < -0.4 is 19.7 Å². The Bertz CT molecular complexity index is 1050. The van der Waals surface area contributed by atoms with Crippen LogP contribution in [0.3, 0.4) is 0 Å². The van der Waals surface area contributed by atoms with E-state index in [2.05, 4.69) is 22.3 Å². The molecule has 0 saturated carbocycles. The average Bonchev–Trinajstić information content (AvgIpc) is 2.90. The number of carbonyl (C=O) groups excluding carboxylic acids is 3. The van der Waals surface area contributed by atoms with E-state index >= 15 is 0 Å². The monoisotopic (exact) mass is 480 g/mol. The lowest BCUT2D eigenvalue weighted by atomic mass is 10.0. The SMILES string of the molecule is COc1ccc(CC(=O)N2CCNC(=O)[C@@H]2CC(=O)N2CCN(c3ccccc3)CC2)cc1OC. The molecule has 9 heteroatoms. The number of anilines is 1. The summed E-state index contributed by atoms with van der Waals surface area (Å²) in [5.74, 6) is 0.531. The molecule has 2 aliphatic heterocycles. The third-order valence-electron chi connectivity index (χ3n) is 6.58. The molecule has 2 aromatic rings. The summed E-state index contributed by atoms with van der Waals surface area (Å²) in [6.07, 6.45) is 0.0862. The topological polar surface area (TPSA) is 91.4 Å². The van der Waals surface area contributed by atoms with Gasteiger partial charge in [0.1, 0.15) is 6.04 Å². The minimum atomic E-state index is -0.809. The van der Waals surface area contributed by atoms with Crippen molar-refractivity contribution in [3.63, 3.8) is 0 Å². The Hall–Kier alpha value is -3.75. The zero-order valence-corrected chi connectivity index (χ0v) is 20.2. The second-order valence-electron chi connectivity index (χ2n) is 8.67. The smallest absolute Gasteiger partial charge is 0.243 e. The van der Waals surface area contributed by atoms with Crippen molar-refractivity contribution >= 4 is 23.4 Å². The van der Waals surface area contributed by atoms with Gasteiger partial charge in [-0.3, -0.25) is 14.4 Å². The molecular formula is C26H32N4O5. The quantitative estimate of drug-likeness (QED) is 0.643. The molecule has 9 nitrogen and oxygen atoms in total. The molecule has 3 amide bonds. The predicted molar refractivity (Wildman–Crippen MR) is 132 cm³/mol. The van der Waals surface area contributed by atoms with Crippen molar-refractivity contribution in [1.82, 2.24) is 15.1 Å². The summed E-state index contributed by atoms with van der Waals surface area (Å²) in [5.41, 5.74) is 1.89. The molecular weight excluding hydrogens is 448 g/mol. The van der Waals surface area contributed by atoms with Gasteiger partial charge < -0.3 is 29.5 Å². The molecule has 1 atom stereocenters. The number of nitrogens with one attached hydrogen (secondary N) is 1. The molecule has 0 spiro atoms. The van der Waals surface area contributed by atoms with E-state index < -0.39 is 6.04 Å². The lowest BCUT2D eigenvalue weighted by Gasteiger charge is -2.39. The van der Waals surface area contributed by atoms with Crippen LogP contribution in [-0.2, 0) is 20.8 Å². The fourth-order valence-corrected chi connectivity index (χ4v) is 4.63. The summed E-state index contributed by atoms with van der Waals surface area (Å²) < 4.78 is 10.6. The third kappa shape index (κ3) is 5.67. The molecule has 2 aliphatic rings. The first kappa shape index (κ1) is 24.4. The van der Waals surface area contributed by atoms with Crippen LogP contribution in [0.2, 0.25) is 0 Å². The van der Waals surface area contributed by atoms with Crippen molar-refractivity contribution in [2.24, 2.45) is 0 Å². The van der Waals surface area contributed by atoms with Crippen molar-refractivity contribution in [3.8, 4) is 11.5 Å². The van der Waals surface area contributed by atoms with Gasteiger partial charge in [0.15, 0.2) is 11.5 Å².